The summed E-state index contributed by atoms with van der Waals surface area (Å²) in [6, 6.07) is 0. The van der Waals surface area contributed by atoms with E-state index in [0.29, 0.717) is 12.3 Å². The highest BCUT2D eigenvalue weighted by molar-refractivity contribution is 7.14. The van der Waals surface area contributed by atoms with Crippen LogP contribution in [0.15, 0.2) is 5.38 Å². The molecule has 0 aliphatic heterocycles. The topological polar surface area (TPSA) is 59.1 Å². The first-order valence-corrected chi connectivity index (χ1v) is 6.45. The summed E-state index contributed by atoms with van der Waals surface area (Å²) in [4.78, 5) is 26.0. The van der Waals surface area contributed by atoms with E-state index in [9.17, 15) is 22.8 Å². The molecule has 1 aromatic rings. The van der Waals surface area contributed by atoms with E-state index in [1.165, 1.54) is 5.38 Å². The highest BCUT2D eigenvalue weighted by atomic mass is 32.1. The van der Waals surface area contributed by atoms with Gasteiger partial charge in [-0.3, -0.25) is 14.9 Å². The number of hydrogen-bond acceptors (Lipinski definition) is 4. The number of nitrogens with one attached hydrogen (secondary N) is 1. The minimum Gasteiger partial charge on any atom is -0.294 e. The van der Waals surface area contributed by atoms with Crippen LogP contribution in [-0.4, -0.2) is 22.9 Å². The van der Waals surface area contributed by atoms with Crippen LogP contribution in [0.25, 0.3) is 0 Å². The molecule has 0 saturated heterocycles. The molecule has 106 valence electrons. The predicted octanol–water partition coefficient (Wildman–Crippen LogP) is 3.26. The van der Waals surface area contributed by atoms with Crippen LogP contribution in [0.2, 0.25) is 0 Å². The van der Waals surface area contributed by atoms with Gasteiger partial charge in [-0.25, -0.2) is 4.98 Å². The van der Waals surface area contributed by atoms with E-state index in [0.717, 1.165) is 11.3 Å². The fourth-order valence-corrected chi connectivity index (χ4v) is 1.89. The van der Waals surface area contributed by atoms with Gasteiger partial charge >= 0.3 is 12.1 Å². The van der Waals surface area contributed by atoms with Crippen molar-refractivity contribution in [2.45, 2.75) is 32.9 Å². The van der Waals surface area contributed by atoms with Gasteiger partial charge in [-0.1, -0.05) is 13.8 Å². The highest BCUT2D eigenvalue weighted by Gasteiger charge is 2.39. The van der Waals surface area contributed by atoms with E-state index in [4.69, 9.17) is 0 Å². The van der Waals surface area contributed by atoms with Gasteiger partial charge in [-0.05, 0) is 12.3 Å². The van der Waals surface area contributed by atoms with E-state index < -0.39 is 12.1 Å². The Morgan fingerprint density at radius 1 is 1.42 bits per heavy atom. The molecule has 0 aromatic carbocycles. The first-order chi connectivity index (χ1) is 8.70. The molecular weight excluding hydrogens is 281 g/mol. The number of carbonyl (C=O) groups is 2. The number of nitrogens with zero attached hydrogens (tertiary/aromatic N) is 1. The third-order valence-electron chi connectivity index (χ3n) is 2.22. The quantitative estimate of drug-likeness (QED) is 0.848. The average molecular weight is 294 g/mol. The molecule has 0 atom stereocenters. The van der Waals surface area contributed by atoms with Crippen LogP contribution >= 0.6 is 11.3 Å². The summed E-state index contributed by atoms with van der Waals surface area (Å²) in [5.41, 5.74) is 0.0862. The Morgan fingerprint density at radius 2 is 2.05 bits per heavy atom. The summed E-state index contributed by atoms with van der Waals surface area (Å²) in [7, 11) is 0. The Labute approximate surface area is 112 Å². The molecule has 1 heterocycles. The lowest BCUT2D eigenvalue weighted by molar-refractivity contribution is -0.167. The van der Waals surface area contributed by atoms with Crippen molar-refractivity contribution in [2.75, 3.05) is 5.32 Å². The van der Waals surface area contributed by atoms with Crippen molar-refractivity contribution >= 4 is 28.2 Å². The van der Waals surface area contributed by atoms with Crippen molar-refractivity contribution < 1.29 is 22.8 Å². The van der Waals surface area contributed by atoms with Crippen LogP contribution in [0.5, 0.6) is 0 Å². The van der Waals surface area contributed by atoms with Gasteiger partial charge < -0.3 is 0 Å². The van der Waals surface area contributed by atoms with Crippen LogP contribution in [0.4, 0.5) is 18.3 Å². The number of amides is 1. The Kier molecular flexibility index (Phi) is 5.04. The molecule has 1 aromatic heterocycles. The van der Waals surface area contributed by atoms with Crippen LogP contribution < -0.4 is 5.32 Å². The largest absolute Gasteiger partial charge is 0.471 e. The molecule has 8 heteroatoms. The van der Waals surface area contributed by atoms with Gasteiger partial charge in [-0.2, -0.15) is 13.2 Å². The third-order valence-corrected chi connectivity index (χ3v) is 2.97. The molecule has 4 nitrogen and oxygen atoms in total. The summed E-state index contributed by atoms with van der Waals surface area (Å²) >= 11 is 0.793. The number of hydrogen-bond donors (Lipinski definition) is 1. The first-order valence-electron chi connectivity index (χ1n) is 5.57. The number of rotatable bonds is 5. The van der Waals surface area contributed by atoms with Gasteiger partial charge in [0.05, 0.1) is 0 Å². The molecule has 0 aliphatic rings. The Balaban J connectivity index is 2.62. The fraction of sp³-hybridized carbons (Fsp3) is 0.545. The van der Waals surface area contributed by atoms with E-state index in [2.05, 4.69) is 4.98 Å². The van der Waals surface area contributed by atoms with Crippen molar-refractivity contribution in [2.24, 2.45) is 5.92 Å². The van der Waals surface area contributed by atoms with Gasteiger partial charge in [-0.15, -0.1) is 11.3 Å². The van der Waals surface area contributed by atoms with Crippen molar-refractivity contribution in [1.82, 2.24) is 4.98 Å². The third kappa shape index (κ3) is 4.98. The fourth-order valence-electron chi connectivity index (χ4n) is 1.18. The number of alkyl halides is 3. The van der Waals surface area contributed by atoms with E-state index in [1.807, 2.05) is 13.8 Å². The number of thiazole rings is 1. The minimum absolute atomic E-state index is 0.0862. The number of ketones is 1. The maximum Gasteiger partial charge on any atom is 0.471 e. The molecule has 0 aliphatic carbocycles. The van der Waals surface area contributed by atoms with Crippen molar-refractivity contribution in [3.63, 3.8) is 0 Å². The second-order valence-electron chi connectivity index (χ2n) is 4.35. The van der Waals surface area contributed by atoms with Crippen LogP contribution in [0.1, 0.15) is 37.2 Å². The molecule has 1 amide bonds. The lowest BCUT2D eigenvalue weighted by atomic mass is 10.1. The second-order valence-corrected chi connectivity index (χ2v) is 5.20. The number of Topliss-reactive ketones (excluding diaryl/α,β-unsaturated/α-hetero) is 1. The lowest BCUT2D eigenvalue weighted by Gasteiger charge is -2.04. The summed E-state index contributed by atoms with van der Waals surface area (Å²) in [6.07, 6.45) is -4.00. The van der Waals surface area contributed by atoms with Gasteiger partial charge in [0.2, 0.25) is 0 Å². The smallest absolute Gasteiger partial charge is 0.294 e. The maximum absolute atomic E-state index is 12.0. The molecule has 0 radical (unpaired) electrons. The van der Waals surface area contributed by atoms with Crippen LogP contribution in [0, 0.1) is 5.92 Å². The van der Waals surface area contributed by atoms with Gasteiger partial charge in [0.1, 0.15) is 5.69 Å². The monoisotopic (exact) mass is 294 g/mol. The van der Waals surface area contributed by atoms with Gasteiger partial charge in [0, 0.05) is 11.8 Å². The highest BCUT2D eigenvalue weighted by Crippen LogP contribution is 2.22. The maximum atomic E-state index is 12.0. The standard InChI is InChI=1S/C11H13F3N2O2S/c1-6(2)3-4-8(17)7-5-19-10(15-7)16-9(18)11(12,13)14/h5-6H,3-4H2,1-2H3,(H,15,16,18). The van der Waals surface area contributed by atoms with Gasteiger partial charge in [0.25, 0.3) is 0 Å². The van der Waals surface area contributed by atoms with Crippen molar-refractivity contribution in [1.29, 1.82) is 0 Å². The predicted molar refractivity (Wildman–Crippen MR) is 65.2 cm³/mol. The SMILES string of the molecule is CC(C)CCC(=O)c1csc(NC(=O)C(F)(F)F)n1. The summed E-state index contributed by atoms with van der Waals surface area (Å²) in [5.74, 6) is -1.98. The molecule has 19 heavy (non-hydrogen) atoms. The lowest BCUT2D eigenvalue weighted by Crippen LogP contribution is -2.29. The Hall–Kier alpha value is -1.44. The van der Waals surface area contributed by atoms with E-state index >= 15 is 0 Å². The molecule has 0 bridgehead atoms. The zero-order valence-corrected chi connectivity index (χ0v) is 11.2. The molecule has 1 N–H and O–H groups in total. The van der Waals surface area contributed by atoms with Crippen molar-refractivity contribution in [3.8, 4) is 0 Å². The van der Waals surface area contributed by atoms with Crippen LogP contribution in [0.3, 0.4) is 0 Å². The second kappa shape index (κ2) is 6.14. The molecule has 0 spiro atoms. The zero-order valence-electron chi connectivity index (χ0n) is 10.4. The van der Waals surface area contributed by atoms with E-state index in [1.54, 1.807) is 5.32 Å². The number of halogens is 3. The zero-order chi connectivity index (χ0) is 14.6. The van der Waals surface area contributed by atoms with E-state index in [-0.39, 0.29) is 23.0 Å². The van der Waals surface area contributed by atoms with Crippen LogP contribution in [-0.2, 0) is 4.79 Å². The number of carbonyl (C=O) groups excluding carboxylic acids is 2. The molecular formula is C11H13F3N2O2S. The Morgan fingerprint density at radius 3 is 2.58 bits per heavy atom. The summed E-state index contributed by atoms with van der Waals surface area (Å²) in [5, 5.41) is 2.73. The Bertz CT molecular complexity index is 469. The molecule has 0 fully saturated rings. The molecule has 0 saturated carbocycles. The molecule has 1 rings (SSSR count). The summed E-state index contributed by atoms with van der Waals surface area (Å²) < 4.78 is 36.0. The minimum atomic E-state index is -4.96. The number of aromatic nitrogens is 1. The number of anilines is 1. The van der Waals surface area contributed by atoms with Gasteiger partial charge in [0.15, 0.2) is 10.9 Å². The normalized spacial score (nSPS) is 11.7. The average Bonchev–Trinajstić information content (AvgIpc) is 2.73. The molecule has 0 unspecified atom stereocenters. The summed E-state index contributed by atoms with van der Waals surface area (Å²) in [6.45, 7) is 3.92. The first kappa shape index (κ1) is 15.6. The van der Waals surface area contributed by atoms with Crippen molar-refractivity contribution in [3.05, 3.63) is 11.1 Å².